The lowest BCUT2D eigenvalue weighted by Gasteiger charge is -2.04. The standard InChI is InChI=1S/C18H20N4OS2/c1-11(2)16-15(12-6-4-3-5-7-12)21-18(25-16)22-17(23)13-10-24-14(20-13)8-9-19/h3-7,10-11H,8-9,19H2,1-2H3,(H,21,22,23). The van der Waals surface area contributed by atoms with E-state index in [4.69, 9.17) is 5.73 Å². The second-order valence-corrected chi connectivity index (χ2v) is 7.85. The van der Waals surface area contributed by atoms with Crippen LogP contribution in [0.4, 0.5) is 5.13 Å². The molecular weight excluding hydrogens is 352 g/mol. The maximum Gasteiger partial charge on any atom is 0.276 e. The van der Waals surface area contributed by atoms with Gasteiger partial charge in [-0.25, -0.2) is 9.97 Å². The van der Waals surface area contributed by atoms with E-state index in [2.05, 4.69) is 29.1 Å². The van der Waals surface area contributed by atoms with Gasteiger partial charge in [-0.05, 0) is 12.5 Å². The van der Waals surface area contributed by atoms with Gasteiger partial charge in [0.15, 0.2) is 5.13 Å². The van der Waals surface area contributed by atoms with Crippen LogP contribution < -0.4 is 11.1 Å². The topological polar surface area (TPSA) is 80.9 Å². The number of anilines is 1. The molecule has 0 aliphatic heterocycles. The molecule has 0 unspecified atom stereocenters. The maximum absolute atomic E-state index is 12.4. The van der Waals surface area contributed by atoms with Crippen molar-refractivity contribution in [3.8, 4) is 11.3 Å². The molecule has 2 heterocycles. The minimum atomic E-state index is -0.233. The fourth-order valence-corrected chi connectivity index (χ4v) is 4.17. The minimum absolute atomic E-state index is 0.233. The van der Waals surface area contributed by atoms with Crippen molar-refractivity contribution in [1.82, 2.24) is 9.97 Å². The normalized spacial score (nSPS) is 11.0. The van der Waals surface area contributed by atoms with E-state index in [0.29, 0.717) is 29.7 Å². The molecule has 3 N–H and O–H groups in total. The molecule has 25 heavy (non-hydrogen) atoms. The van der Waals surface area contributed by atoms with Gasteiger partial charge < -0.3 is 5.73 Å². The van der Waals surface area contributed by atoms with E-state index in [1.54, 1.807) is 5.38 Å². The number of hydrogen-bond acceptors (Lipinski definition) is 6. The van der Waals surface area contributed by atoms with E-state index >= 15 is 0 Å². The molecule has 0 atom stereocenters. The molecule has 0 aliphatic carbocycles. The highest BCUT2D eigenvalue weighted by Gasteiger charge is 2.18. The molecule has 130 valence electrons. The van der Waals surface area contributed by atoms with Gasteiger partial charge in [-0.2, -0.15) is 0 Å². The van der Waals surface area contributed by atoms with Crippen LogP contribution in [0.1, 0.15) is 40.1 Å². The Kier molecular flexibility index (Phi) is 5.57. The predicted octanol–water partition coefficient (Wildman–Crippen LogP) is 4.14. The molecule has 0 bridgehead atoms. The fraction of sp³-hybridized carbons (Fsp3) is 0.278. The van der Waals surface area contributed by atoms with Gasteiger partial charge in [0, 0.05) is 22.2 Å². The van der Waals surface area contributed by atoms with Gasteiger partial charge in [0.1, 0.15) is 5.69 Å². The average molecular weight is 373 g/mol. The van der Waals surface area contributed by atoms with Crippen LogP contribution in [0.3, 0.4) is 0 Å². The first kappa shape index (κ1) is 17.7. The van der Waals surface area contributed by atoms with Crippen molar-refractivity contribution in [2.45, 2.75) is 26.2 Å². The van der Waals surface area contributed by atoms with E-state index in [1.807, 2.05) is 30.3 Å². The molecule has 1 aromatic carbocycles. The van der Waals surface area contributed by atoms with Crippen molar-refractivity contribution < 1.29 is 4.79 Å². The third-order valence-electron chi connectivity index (χ3n) is 3.59. The molecule has 1 amide bonds. The van der Waals surface area contributed by atoms with Crippen molar-refractivity contribution in [3.63, 3.8) is 0 Å². The first-order valence-corrected chi connectivity index (χ1v) is 9.80. The number of thiazole rings is 2. The third kappa shape index (κ3) is 4.12. The smallest absolute Gasteiger partial charge is 0.276 e. The fourth-order valence-electron chi connectivity index (χ4n) is 2.39. The summed E-state index contributed by atoms with van der Waals surface area (Å²) in [6.45, 7) is 4.79. The summed E-state index contributed by atoms with van der Waals surface area (Å²) >= 11 is 2.97. The largest absolute Gasteiger partial charge is 0.330 e. The van der Waals surface area contributed by atoms with E-state index in [9.17, 15) is 4.79 Å². The number of benzene rings is 1. The Bertz CT molecular complexity index is 855. The molecule has 0 aliphatic rings. The highest BCUT2D eigenvalue weighted by atomic mass is 32.1. The van der Waals surface area contributed by atoms with Crippen molar-refractivity contribution in [1.29, 1.82) is 0 Å². The highest BCUT2D eigenvalue weighted by Crippen LogP contribution is 2.36. The van der Waals surface area contributed by atoms with Gasteiger partial charge >= 0.3 is 0 Å². The average Bonchev–Trinajstić information content (AvgIpc) is 3.23. The molecule has 5 nitrogen and oxygen atoms in total. The van der Waals surface area contributed by atoms with Gasteiger partial charge in [-0.1, -0.05) is 44.2 Å². The number of amides is 1. The lowest BCUT2D eigenvalue weighted by molar-refractivity contribution is 0.102. The van der Waals surface area contributed by atoms with E-state index in [0.717, 1.165) is 21.1 Å². The monoisotopic (exact) mass is 372 g/mol. The summed E-state index contributed by atoms with van der Waals surface area (Å²) in [4.78, 5) is 22.6. The van der Waals surface area contributed by atoms with Gasteiger partial charge in [0.2, 0.25) is 0 Å². The van der Waals surface area contributed by atoms with Crippen LogP contribution in [0.25, 0.3) is 11.3 Å². The summed E-state index contributed by atoms with van der Waals surface area (Å²) in [5.74, 6) is 0.0944. The SMILES string of the molecule is CC(C)c1sc(NC(=O)c2csc(CCN)n2)nc1-c1ccccc1. The van der Waals surface area contributed by atoms with Gasteiger partial charge in [-0.3, -0.25) is 10.1 Å². The van der Waals surface area contributed by atoms with E-state index in [-0.39, 0.29) is 5.91 Å². The summed E-state index contributed by atoms with van der Waals surface area (Å²) in [5, 5.41) is 6.11. The summed E-state index contributed by atoms with van der Waals surface area (Å²) < 4.78 is 0. The molecule has 3 rings (SSSR count). The van der Waals surface area contributed by atoms with Gasteiger partial charge in [0.05, 0.1) is 10.7 Å². The summed E-state index contributed by atoms with van der Waals surface area (Å²) in [6, 6.07) is 10.0. The number of carbonyl (C=O) groups is 1. The Hall–Kier alpha value is -2.09. The number of carbonyl (C=O) groups excluding carboxylic acids is 1. The maximum atomic E-state index is 12.4. The molecule has 0 saturated heterocycles. The number of rotatable bonds is 6. The number of nitrogens with two attached hydrogens (primary N) is 1. The lowest BCUT2D eigenvalue weighted by atomic mass is 10.1. The zero-order valence-corrected chi connectivity index (χ0v) is 15.8. The van der Waals surface area contributed by atoms with E-state index < -0.39 is 0 Å². The molecule has 3 aromatic rings. The zero-order chi connectivity index (χ0) is 17.8. The summed E-state index contributed by atoms with van der Waals surface area (Å²) in [5.41, 5.74) is 7.93. The van der Waals surface area contributed by atoms with Crippen LogP contribution in [0.15, 0.2) is 35.7 Å². The Morgan fingerprint density at radius 3 is 2.68 bits per heavy atom. The van der Waals surface area contributed by atoms with Crippen LogP contribution in [-0.4, -0.2) is 22.4 Å². The van der Waals surface area contributed by atoms with Gasteiger partial charge in [-0.15, -0.1) is 22.7 Å². The number of nitrogens with zero attached hydrogens (tertiary/aromatic N) is 2. The third-order valence-corrected chi connectivity index (χ3v) is 5.77. The van der Waals surface area contributed by atoms with Crippen molar-refractivity contribution in [3.05, 3.63) is 51.3 Å². The minimum Gasteiger partial charge on any atom is -0.330 e. The summed E-state index contributed by atoms with van der Waals surface area (Å²) in [6.07, 6.45) is 0.685. The van der Waals surface area contributed by atoms with Crippen LogP contribution in [0, 0.1) is 0 Å². The first-order chi connectivity index (χ1) is 12.1. The second kappa shape index (κ2) is 7.86. The number of hydrogen-bond donors (Lipinski definition) is 2. The summed E-state index contributed by atoms with van der Waals surface area (Å²) in [7, 11) is 0. The van der Waals surface area contributed by atoms with Crippen molar-refractivity contribution in [2.75, 3.05) is 11.9 Å². The Balaban J connectivity index is 1.84. The van der Waals surface area contributed by atoms with Crippen molar-refractivity contribution in [2.24, 2.45) is 5.73 Å². The molecule has 0 spiro atoms. The second-order valence-electron chi connectivity index (χ2n) is 5.87. The molecule has 0 radical (unpaired) electrons. The molecule has 2 aromatic heterocycles. The van der Waals surface area contributed by atoms with E-state index in [1.165, 1.54) is 22.7 Å². The Morgan fingerprint density at radius 1 is 1.24 bits per heavy atom. The zero-order valence-electron chi connectivity index (χ0n) is 14.2. The van der Waals surface area contributed by atoms with Gasteiger partial charge in [0.25, 0.3) is 5.91 Å². The molecular formula is C18H20N4OS2. The molecule has 0 fully saturated rings. The Labute approximate surface area is 155 Å². The quantitative estimate of drug-likeness (QED) is 0.681. The number of aromatic nitrogens is 2. The van der Waals surface area contributed by atoms with Crippen LogP contribution in [0.2, 0.25) is 0 Å². The molecule has 0 saturated carbocycles. The lowest BCUT2D eigenvalue weighted by Crippen LogP contribution is -2.12. The molecule has 7 heteroatoms. The Morgan fingerprint density at radius 2 is 2.00 bits per heavy atom. The predicted molar refractivity (Wildman–Crippen MR) is 104 cm³/mol. The van der Waals surface area contributed by atoms with Crippen molar-refractivity contribution >= 4 is 33.7 Å². The van der Waals surface area contributed by atoms with Crippen LogP contribution >= 0.6 is 22.7 Å². The van der Waals surface area contributed by atoms with Crippen LogP contribution in [0.5, 0.6) is 0 Å². The number of nitrogens with one attached hydrogen (secondary N) is 1. The first-order valence-electron chi connectivity index (χ1n) is 8.10. The highest BCUT2D eigenvalue weighted by molar-refractivity contribution is 7.16. The van der Waals surface area contributed by atoms with Crippen LogP contribution in [-0.2, 0) is 6.42 Å².